The van der Waals surface area contributed by atoms with Crippen LogP contribution in [0, 0.1) is 6.92 Å². The fraction of sp³-hybridized carbons (Fsp3) is 0.214. The van der Waals surface area contributed by atoms with E-state index in [1.165, 1.54) is 4.90 Å². The molecular formula is C28H27NO4. The van der Waals surface area contributed by atoms with E-state index >= 15 is 0 Å². The summed E-state index contributed by atoms with van der Waals surface area (Å²) in [4.78, 5) is 28.0. The van der Waals surface area contributed by atoms with Crippen LogP contribution in [0.15, 0.2) is 78.4 Å². The van der Waals surface area contributed by atoms with Crippen molar-refractivity contribution in [2.24, 2.45) is 0 Å². The minimum Gasteiger partial charge on any atom is -0.507 e. The number of benzene rings is 3. The summed E-state index contributed by atoms with van der Waals surface area (Å²) in [5.41, 5.74) is 3.78. The number of nitrogens with zero attached hydrogens (tertiary/aromatic N) is 1. The van der Waals surface area contributed by atoms with Crippen molar-refractivity contribution in [3.8, 4) is 5.75 Å². The molecule has 0 radical (unpaired) electrons. The van der Waals surface area contributed by atoms with Crippen LogP contribution in [0.4, 0.5) is 5.69 Å². The number of Topliss-reactive ketones (excluding diaryl/α,β-unsaturated/α-hetero) is 1. The molecule has 0 bridgehead atoms. The monoisotopic (exact) mass is 441 g/mol. The average Bonchev–Trinajstić information content (AvgIpc) is 3.09. The highest BCUT2D eigenvalue weighted by Gasteiger charge is 2.47. The molecule has 4 rings (SSSR count). The summed E-state index contributed by atoms with van der Waals surface area (Å²) in [6.07, 6.45) is 0. The Morgan fingerprint density at radius 2 is 1.64 bits per heavy atom. The van der Waals surface area contributed by atoms with Crippen LogP contribution < -0.4 is 9.64 Å². The molecule has 1 aliphatic rings. The number of anilines is 1. The lowest BCUT2D eigenvalue weighted by molar-refractivity contribution is -0.132. The minimum absolute atomic E-state index is 0.0815. The van der Waals surface area contributed by atoms with E-state index < -0.39 is 17.7 Å². The molecule has 1 N–H and O–H groups in total. The lowest BCUT2D eigenvalue weighted by Gasteiger charge is -2.26. The summed E-state index contributed by atoms with van der Waals surface area (Å²) in [7, 11) is 1.60. The van der Waals surface area contributed by atoms with Crippen molar-refractivity contribution < 1.29 is 19.4 Å². The third kappa shape index (κ3) is 3.91. The van der Waals surface area contributed by atoms with Gasteiger partial charge in [-0.05, 0) is 59.9 Å². The van der Waals surface area contributed by atoms with Gasteiger partial charge in [-0.1, -0.05) is 56.3 Å². The zero-order valence-corrected chi connectivity index (χ0v) is 19.2. The van der Waals surface area contributed by atoms with Gasteiger partial charge in [-0.25, -0.2) is 0 Å². The van der Waals surface area contributed by atoms with E-state index in [4.69, 9.17) is 4.74 Å². The summed E-state index contributed by atoms with van der Waals surface area (Å²) in [6, 6.07) is 21.3. The molecule has 1 saturated heterocycles. The highest BCUT2D eigenvalue weighted by atomic mass is 16.5. The van der Waals surface area contributed by atoms with Crippen molar-refractivity contribution in [2.45, 2.75) is 32.7 Å². The topological polar surface area (TPSA) is 66.8 Å². The molecule has 1 aliphatic heterocycles. The highest BCUT2D eigenvalue weighted by Crippen LogP contribution is 2.43. The second-order valence-corrected chi connectivity index (χ2v) is 8.47. The van der Waals surface area contributed by atoms with Crippen LogP contribution in [0.2, 0.25) is 0 Å². The number of aryl methyl sites for hydroxylation is 1. The Kier molecular flexibility index (Phi) is 6.05. The number of rotatable bonds is 5. The predicted molar refractivity (Wildman–Crippen MR) is 129 cm³/mol. The van der Waals surface area contributed by atoms with E-state index in [0.717, 1.165) is 16.7 Å². The van der Waals surface area contributed by atoms with Crippen molar-refractivity contribution in [1.82, 2.24) is 0 Å². The standard InChI is InChI=1S/C28H27NO4/c1-17(2)22-16-19(14-15-23(22)33-4)26(30)24-25(21-13-9-8-10-18(21)3)29(28(32)27(24)31)20-11-6-5-7-12-20/h5-17,25,30H,1-4H3/b26-24+. The fourth-order valence-corrected chi connectivity index (χ4v) is 4.36. The largest absolute Gasteiger partial charge is 0.507 e. The van der Waals surface area contributed by atoms with Crippen LogP contribution in [-0.2, 0) is 9.59 Å². The molecule has 1 fully saturated rings. The number of hydrogen-bond donors (Lipinski definition) is 1. The van der Waals surface area contributed by atoms with Gasteiger partial charge in [0.05, 0.1) is 18.7 Å². The van der Waals surface area contributed by atoms with Gasteiger partial charge in [-0.3, -0.25) is 14.5 Å². The van der Waals surface area contributed by atoms with Gasteiger partial charge in [0.15, 0.2) is 0 Å². The Bertz CT molecular complexity index is 1240. The van der Waals surface area contributed by atoms with Gasteiger partial charge in [-0.15, -0.1) is 0 Å². The van der Waals surface area contributed by atoms with E-state index in [2.05, 4.69) is 0 Å². The number of carbonyl (C=O) groups is 2. The van der Waals surface area contributed by atoms with Crippen LogP contribution >= 0.6 is 0 Å². The molecule has 1 heterocycles. The second kappa shape index (κ2) is 8.94. The van der Waals surface area contributed by atoms with E-state index in [1.807, 2.05) is 69.3 Å². The Balaban J connectivity index is 1.96. The van der Waals surface area contributed by atoms with Gasteiger partial charge < -0.3 is 9.84 Å². The molecule has 1 atom stereocenters. The smallest absolute Gasteiger partial charge is 0.300 e. The normalized spacial score (nSPS) is 17.6. The minimum atomic E-state index is -0.738. The van der Waals surface area contributed by atoms with E-state index in [1.54, 1.807) is 31.4 Å². The second-order valence-electron chi connectivity index (χ2n) is 8.47. The summed E-state index contributed by atoms with van der Waals surface area (Å²) >= 11 is 0. The van der Waals surface area contributed by atoms with Crippen LogP contribution in [0.3, 0.4) is 0 Å². The maximum absolute atomic E-state index is 13.3. The Morgan fingerprint density at radius 1 is 0.970 bits per heavy atom. The van der Waals surface area contributed by atoms with Gasteiger partial charge in [0, 0.05) is 11.3 Å². The number of ketones is 1. The van der Waals surface area contributed by atoms with Crippen molar-refractivity contribution >= 4 is 23.1 Å². The van der Waals surface area contributed by atoms with E-state index in [-0.39, 0.29) is 17.3 Å². The SMILES string of the molecule is COc1ccc(/C(O)=C2\C(=O)C(=O)N(c3ccccc3)C2c2ccccc2C)cc1C(C)C. The molecule has 0 spiro atoms. The Labute approximate surface area is 193 Å². The van der Waals surface area contributed by atoms with Gasteiger partial charge in [0.1, 0.15) is 11.5 Å². The van der Waals surface area contributed by atoms with Gasteiger partial charge in [0.2, 0.25) is 0 Å². The molecule has 0 saturated carbocycles. The van der Waals surface area contributed by atoms with E-state index in [9.17, 15) is 14.7 Å². The number of ether oxygens (including phenoxy) is 1. The number of aliphatic hydroxyl groups excluding tert-OH is 1. The average molecular weight is 442 g/mol. The predicted octanol–water partition coefficient (Wildman–Crippen LogP) is 5.75. The number of carbonyl (C=O) groups excluding carboxylic acids is 2. The summed E-state index contributed by atoms with van der Waals surface area (Å²) < 4.78 is 5.46. The molecule has 33 heavy (non-hydrogen) atoms. The number of aliphatic hydroxyl groups is 1. The molecule has 1 amide bonds. The molecule has 1 unspecified atom stereocenters. The van der Waals surface area contributed by atoms with Gasteiger partial charge >= 0.3 is 0 Å². The molecule has 3 aromatic carbocycles. The number of amides is 1. The molecule has 0 aliphatic carbocycles. The third-order valence-corrected chi connectivity index (χ3v) is 6.09. The zero-order valence-electron chi connectivity index (χ0n) is 19.2. The first-order chi connectivity index (χ1) is 15.8. The summed E-state index contributed by atoms with van der Waals surface area (Å²) in [5.74, 6) is -0.696. The number of para-hydroxylation sites is 1. The molecule has 0 aromatic heterocycles. The number of hydrogen-bond acceptors (Lipinski definition) is 4. The molecule has 3 aromatic rings. The maximum Gasteiger partial charge on any atom is 0.300 e. The molecule has 168 valence electrons. The maximum atomic E-state index is 13.3. The van der Waals surface area contributed by atoms with Crippen LogP contribution in [-0.4, -0.2) is 23.9 Å². The van der Waals surface area contributed by atoms with Crippen LogP contribution in [0.5, 0.6) is 5.75 Å². The van der Waals surface area contributed by atoms with Gasteiger partial charge in [-0.2, -0.15) is 0 Å². The number of methoxy groups -OCH3 is 1. The van der Waals surface area contributed by atoms with Crippen molar-refractivity contribution in [2.75, 3.05) is 12.0 Å². The lowest BCUT2D eigenvalue weighted by Crippen LogP contribution is -2.29. The quantitative estimate of drug-likeness (QED) is 0.311. The van der Waals surface area contributed by atoms with E-state index in [0.29, 0.717) is 17.0 Å². The summed E-state index contributed by atoms with van der Waals surface area (Å²) in [5, 5.41) is 11.4. The molecular weight excluding hydrogens is 414 g/mol. The first-order valence-electron chi connectivity index (χ1n) is 10.9. The molecule has 5 nitrogen and oxygen atoms in total. The fourth-order valence-electron chi connectivity index (χ4n) is 4.36. The Morgan fingerprint density at radius 3 is 2.27 bits per heavy atom. The van der Waals surface area contributed by atoms with Crippen molar-refractivity contribution in [3.05, 3.63) is 101 Å². The lowest BCUT2D eigenvalue weighted by atomic mass is 9.91. The third-order valence-electron chi connectivity index (χ3n) is 6.09. The zero-order chi connectivity index (χ0) is 23.7. The first-order valence-corrected chi connectivity index (χ1v) is 10.9. The highest BCUT2D eigenvalue weighted by molar-refractivity contribution is 6.51. The first kappa shape index (κ1) is 22.3. The van der Waals surface area contributed by atoms with Crippen molar-refractivity contribution in [3.63, 3.8) is 0 Å². The van der Waals surface area contributed by atoms with Crippen LogP contribution in [0.1, 0.15) is 48.1 Å². The Hall–Kier alpha value is -3.86. The molecule has 5 heteroatoms. The van der Waals surface area contributed by atoms with Crippen molar-refractivity contribution in [1.29, 1.82) is 0 Å². The van der Waals surface area contributed by atoms with Gasteiger partial charge in [0.25, 0.3) is 11.7 Å². The summed E-state index contributed by atoms with van der Waals surface area (Å²) in [6.45, 7) is 6.00. The van der Waals surface area contributed by atoms with Crippen LogP contribution in [0.25, 0.3) is 5.76 Å².